The highest BCUT2D eigenvalue weighted by molar-refractivity contribution is 7.96. The van der Waals surface area contributed by atoms with Crippen LogP contribution >= 0.6 is 11.9 Å². The number of nitrogens with zero attached hydrogens (tertiary/aromatic N) is 1. The molecule has 2 aromatic heterocycles. The van der Waals surface area contributed by atoms with Gasteiger partial charge in [0.25, 0.3) is 0 Å². The number of nitrogens with one attached hydrogen (secondary N) is 2. The number of aromatic amines is 1. The molecule has 1 saturated carbocycles. The van der Waals surface area contributed by atoms with E-state index in [1.165, 1.54) is 24.0 Å². The summed E-state index contributed by atoms with van der Waals surface area (Å²) in [6, 6.07) is 10.7. The fourth-order valence-electron chi connectivity index (χ4n) is 3.50. The topological polar surface area (TPSA) is 49.9 Å². The van der Waals surface area contributed by atoms with Gasteiger partial charge < -0.3 is 9.72 Å². The van der Waals surface area contributed by atoms with E-state index in [1.54, 1.807) is 11.9 Å². The van der Waals surface area contributed by atoms with Gasteiger partial charge in [0, 0.05) is 24.5 Å². The first-order chi connectivity index (χ1) is 12.3. The van der Waals surface area contributed by atoms with E-state index in [-0.39, 0.29) is 0 Å². The molecule has 0 aliphatic heterocycles. The van der Waals surface area contributed by atoms with Crippen molar-refractivity contribution in [2.75, 3.05) is 6.26 Å². The van der Waals surface area contributed by atoms with Crippen LogP contribution in [0.15, 0.2) is 42.7 Å². The van der Waals surface area contributed by atoms with Gasteiger partial charge in [-0.15, -0.1) is 0 Å². The van der Waals surface area contributed by atoms with Crippen molar-refractivity contribution in [1.29, 1.82) is 0 Å². The molecule has 3 aromatic rings. The van der Waals surface area contributed by atoms with Gasteiger partial charge in [-0.1, -0.05) is 36.2 Å². The lowest BCUT2D eigenvalue weighted by Gasteiger charge is -2.14. The van der Waals surface area contributed by atoms with E-state index in [0.29, 0.717) is 6.10 Å². The van der Waals surface area contributed by atoms with Gasteiger partial charge in [0.15, 0.2) is 0 Å². The third kappa shape index (κ3) is 3.53. The van der Waals surface area contributed by atoms with Crippen LogP contribution in [0.2, 0.25) is 0 Å². The zero-order valence-corrected chi connectivity index (χ0v) is 15.2. The number of H-pyrrole nitrogens is 1. The van der Waals surface area contributed by atoms with Crippen molar-refractivity contribution in [3.63, 3.8) is 0 Å². The standard InChI is InChI=1S/C20H23N3OS/c1-25-23-12-14-6-8-15(9-7-14)17-13-22-20-19(17)18(10-11-21-20)24-16-4-2-3-5-16/h6-11,13,16,23H,2-5,12H2,1H3,(H,21,22). The van der Waals surface area contributed by atoms with Crippen molar-refractivity contribution in [3.8, 4) is 16.9 Å². The summed E-state index contributed by atoms with van der Waals surface area (Å²) in [6.45, 7) is 0.868. The SMILES string of the molecule is CSNCc1ccc(-c2c[nH]c3nccc(OC4CCCC4)c23)cc1. The Labute approximate surface area is 152 Å². The van der Waals surface area contributed by atoms with E-state index >= 15 is 0 Å². The zero-order valence-electron chi connectivity index (χ0n) is 14.4. The molecule has 0 saturated heterocycles. The van der Waals surface area contributed by atoms with Crippen molar-refractivity contribution < 1.29 is 4.74 Å². The summed E-state index contributed by atoms with van der Waals surface area (Å²) in [5.74, 6) is 0.946. The largest absolute Gasteiger partial charge is 0.490 e. The highest BCUT2D eigenvalue weighted by atomic mass is 32.2. The molecule has 1 fully saturated rings. The fraction of sp³-hybridized carbons (Fsp3) is 0.350. The Hall–Kier alpha value is -1.98. The normalized spacial score (nSPS) is 15.1. The van der Waals surface area contributed by atoms with Gasteiger partial charge in [0.2, 0.25) is 0 Å². The average molecular weight is 353 g/mol. The van der Waals surface area contributed by atoms with Gasteiger partial charge in [0.1, 0.15) is 11.4 Å². The number of hydrogen-bond donors (Lipinski definition) is 2. The molecule has 25 heavy (non-hydrogen) atoms. The van der Waals surface area contributed by atoms with E-state index < -0.39 is 0 Å². The van der Waals surface area contributed by atoms with E-state index in [4.69, 9.17) is 4.74 Å². The predicted octanol–water partition coefficient (Wildman–Crippen LogP) is 4.92. The quantitative estimate of drug-likeness (QED) is 0.618. The molecular formula is C20H23N3OS. The first-order valence-electron chi connectivity index (χ1n) is 8.83. The number of pyridine rings is 1. The molecule has 2 heterocycles. The molecule has 0 bridgehead atoms. The van der Waals surface area contributed by atoms with Crippen LogP contribution in [-0.2, 0) is 6.54 Å². The van der Waals surface area contributed by atoms with Crippen LogP contribution in [0.4, 0.5) is 0 Å². The fourth-order valence-corrected chi connectivity index (χ4v) is 3.81. The number of ether oxygens (including phenoxy) is 1. The molecule has 1 aromatic carbocycles. The average Bonchev–Trinajstić information content (AvgIpc) is 3.30. The summed E-state index contributed by atoms with van der Waals surface area (Å²) in [5.41, 5.74) is 4.50. The van der Waals surface area contributed by atoms with Crippen LogP contribution in [0.25, 0.3) is 22.2 Å². The molecule has 0 atom stereocenters. The van der Waals surface area contributed by atoms with Crippen molar-refractivity contribution >= 4 is 23.0 Å². The number of hydrogen-bond acceptors (Lipinski definition) is 4. The zero-order chi connectivity index (χ0) is 17.1. The van der Waals surface area contributed by atoms with Crippen LogP contribution in [0.3, 0.4) is 0 Å². The van der Waals surface area contributed by atoms with Crippen LogP contribution in [0, 0.1) is 0 Å². The number of aromatic nitrogens is 2. The summed E-state index contributed by atoms with van der Waals surface area (Å²) in [7, 11) is 0. The third-order valence-corrected chi connectivity index (χ3v) is 5.25. The molecule has 0 spiro atoms. The van der Waals surface area contributed by atoms with Gasteiger partial charge in [-0.05, 0) is 49.1 Å². The highest BCUT2D eigenvalue weighted by Crippen LogP contribution is 2.36. The monoisotopic (exact) mass is 353 g/mol. The van der Waals surface area contributed by atoms with Crippen molar-refractivity contribution in [1.82, 2.24) is 14.7 Å². The van der Waals surface area contributed by atoms with Crippen LogP contribution in [0.1, 0.15) is 31.2 Å². The molecule has 1 aliphatic rings. The first kappa shape index (κ1) is 16.5. The van der Waals surface area contributed by atoms with Gasteiger partial charge in [-0.2, -0.15) is 0 Å². The Morgan fingerprint density at radius 2 is 2.00 bits per heavy atom. The van der Waals surface area contributed by atoms with Crippen LogP contribution in [0.5, 0.6) is 5.75 Å². The summed E-state index contributed by atoms with van der Waals surface area (Å²) < 4.78 is 9.59. The van der Waals surface area contributed by atoms with Gasteiger partial charge >= 0.3 is 0 Å². The van der Waals surface area contributed by atoms with E-state index in [0.717, 1.165) is 41.7 Å². The molecular weight excluding hydrogens is 330 g/mol. The molecule has 130 valence electrons. The number of rotatable bonds is 6. The van der Waals surface area contributed by atoms with Gasteiger partial charge in [-0.25, -0.2) is 4.98 Å². The minimum atomic E-state index is 0.341. The van der Waals surface area contributed by atoms with Gasteiger partial charge in [-0.3, -0.25) is 4.72 Å². The third-order valence-electron chi connectivity index (χ3n) is 4.82. The Balaban J connectivity index is 1.67. The summed E-state index contributed by atoms with van der Waals surface area (Å²) >= 11 is 1.64. The van der Waals surface area contributed by atoms with Crippen molar-refractivity contribution in [2.24, 2.45) is 0 Å². The minimum Gasteiger partial charge on any atom is -0.490 e. The summed E-state index contributed by atoms with van der Waals surface area (Å²) in [4.78, 5) is 7.77. The molecule has 0 amide bonds. The Morgan fingerprint density at radius 3 is 2.76 bits per heavy atom. The molecule has 4 nitrogen and oxygen atoms in total. The van der Waals surface area contributed by atoms with Gasteiger partial charge in [0.05, 0.1) is 11.5 Å². The second kappa shape index (κ2) is 7.50. The molecule has 0 radical (unpaired) electrons. The lowest BCUT2D eigenvalue weighted by Crippen LogP contribution is -2.11. The molecule has 0 unspecified atom stereocenters. The van der Waals surface area contributed by atoms with E-state index in [9.17, 15) is 0 Å². The lowest BCUT2D eigenvalue weighted by molar-refractivity contribution is 0.212. The molecule has 5 heteroatoms. The maximum Gasteiger partial charge on any atom is 0.141 e. The maximum atomic E-state index is 6.31. The highest BCUT2D eigenvalue weighted by Gasteiger charge is 2.19. The smallest absolute Gasteiger partial charge is 0.141 e. The lowest BCUT2D eigenvalue weighted by atomic mass is 10.0. The number of fused-ring (bicyclic) bond motifs is 1. The second-order valence-corrected chi connectivity index (χ2v) is 7.18. The first-order valence-corrected chi connectivity index (χ1v) is 10.1. The minimum absolute atomic E-state index is 0.341. The van der Waals surface area contributed by atoms with E-state index in [1.807, 2.05) is 24.7 Å². The predicted molar refractivity (Wildman–Crippen MR) is 105 cm³/mol. The Morgan fingerprint density at radius 1 is 1.20 bits per heavy atom. The Bertz CT molecular complexity index is 838. The molecule has 2 N–H and O–H groups in total. The van der Waals surface area contributed by atoms with Crippen molar-refractivity contribution in [3.05, 3.63) is 48.3 Å². The second-order valence-electron chi connectivity index (χ2n) is 6.48. The maximum absolute atomic E-state index is 6.31. The summed E-state index contributed by atoms with van der Waals surface area (Å²) in [6.07, 6.45) is 11.1. The van der Waals surface area contributed by atoms with E-state index in [2.05, 4.69) is 39.0 Å². The molecule has 4 rings (SSSR count). The molecule has 1 aliphatic carbocycles. The Kier molecular flexibility index (Phi) is 4.95. The summed E-state index contributed by atoms with van der Waals surface area (Å²) in [5, 5.41) is 1.09. The number of benzene rings is 1. The van der Waals surface area contributed by atoms with Crippen LogP contribution in [-0.4, -0.2) is 22.3 Å². The van der Waals surface area contributed by atoms with Crippen molar-refractivity contribution in [2.45, 2.75) is 38.3 Å². The van der Waals surface area contributed by atoms with Crippen LogP contribution < -0.4 is 9.46 Å².